The van der Waals surface area contributed by atoms with Gasteiger partial charge in [0.05, 0.1) is 17.7 Å². The van der Waals surface area contributed by atoms with Crippen molar-refractivity contribution in [2.45, 2.75) is 13.2 Å². The summed E-state index contributed by atoms with van der Waals surface area (Å²) in [6, 6.07) is 14.5. The lowest BCUT2D eigenvalue weighted by molar-refractivity contribution is -0.0165. The number of nitrogens with zero attached hydrogens (tertiary/aromatic N) is 2. The van der Waals surface area contributed by atoms with Crippen LogP contribution in [0.1, 0.15) is 27.0 Å². The highest BCUT2D eigenvalue weighted by Gasteiger charge is 2.33. The second-order valence-corrected chi connectivity index (χ2v) is 10.1. The first kappa shape index (κ1) is 24.1. The molecule has 0 saturated carbocycles. The minimum atomic E-state index is -0.247. The fourth-order valence-electron chi connectivity index (χ4n) is 4.97. The molecular formula is C28H24Cl2N2O5. The van der Waals surface area contributed by atoms with Crippen LogP contribution < -0.4 is 14.4 Å². The van der Waals surface area contributed by atoms with Crippen molar-refractivity contribution in [3.63, 3.8) is 0 Å². The molecule has 1 fully saturated rings. The number of benzene rings is 3. The Balaban J connectivity index is 1.23. The van der Waals surface area contributed by atoms with Crippen LogP contribution in [0.25, 0.3) is 6.08 Å². The molecule has 0 radical (unpaired) electrons. The Kier molecular flexibility index (Phi) is 6.46. The van der Waals surface area contributed by atoms with E-state index < -0.39 is 0 Å². The largest absolute Gasteiger partial charge is 0.507 e. The molecule has 1 N–H and O–H groups in total. The van der Waals surface area contributed by atoms with Gasteiger partial charge < -0.3 is 24.2 Å². The third-order valence-electron chi connectivity index (χ3n) is 6.83. The second-order valence-electron chi connectivity index (χ2n) is 9.22. The van der Waals surface area contributed by atoms with Crippen LogP contribution in [0.15, 0.2) is 54.3 Å². The van der Waals surface area contributed by atoms with Crippen molar-refractivity contribution >= 4 is 40.7 Å². The van der Waals surface area contributed by atoms with Crippen LogP contribution >= 0.6 is 23.2 Å². The summed E-state index contributed by atoms with van der Waals surface area (Å²) in [4.78, 5) is 17.8. The summed E-state index contributed by atoms with van der Waals surface area (Å²) in [6.45, 7) is 4.20. The number of rotatable bonds is 4. The zero-order valence-corrected chi connectivity index (χ0v) is 21.4. The zero-order valence-electron chi connectivity index (χ0n) is 19.9. The number of ether oxygens (including phenoxy) is 3. The number of allylic oxidation sites excluding steroid dienone is 1. The van der Waals surface area contributed by atoms with E-state index in [9.17, 15) is 9.90 Å². The molecule has 37 heavy (non-hydrogen) atoms. The summed E-state index contributed by atoms with van der Waals surface area (Å²) in [5.74, 6) is 1.03. The molecule has 0 spiro atoms. The molecule has 3 aliphatic rings. The van der Waals surface area contributed by atoms with Gasteiger partial charge in [-0.3, -0.25) is 9.69 Å². The maximum atomic E-state index is 13.2. The van der Waals surface area contributed by atoms with Crippen molar-refractivity contribution in [1.29, 1.82) is 0 Å². The fourth-order valence-corrected chi connectivity index (χ4v) is 5.40. The van der Waals surface area contributed by atoms with Gasteiger partial charge in [0.2, 0.25) is 5.78 Å². The lowest BCUT2D eigenvalue weighted by atomic mass is 10.0. The minimum Gasteiger partial charge on any atom is -0.507 e. The number of anilines is 1. The number of carbonyl (C=O) groups excluding carboxylic acids is 1. The average molecular weight is 539 g/mol. The average Bonchev–Trinajstić information content (AvgIpc) is 3.21. The maximum Gasteiger partial charge on any atom is 0.231 e. The van der Waals surface area contributed by atoms with Gasteiger partial charge in [0, 0.05) is 59.6 Å². The Morgan fingerprint density at radius 2 is 1.81 bits per heavy atom. The normalized spacial score (nSPS) is 18.4. The van der Waals surface area contributed by atoms with Crippen molar-refractivity contribution in [2.24, 2.45) is 0 Å². The first-order valence-corrected chi connectivity index (χ1v) is 12.8. The molecule has 3 aliphatic heterocycles. The molecule has 9 heteroatoms. The van der Waals surface area contributed by atoms with Gasteiger partial charge in [0.1, 0.15) is 17.2 Å². The minimum absolute atomic E-state index is 0.102. The van der Waals surface area contributed by atoms with Crippen molar-refractivity contribution in [3.8, 4) is 17.2 Å². The number of phenolic OH excluding ortho intramolecular Hbond substituents is 1. The van der Waals surface area contributed by atoms with Gasteiger partial charge >= 0.3 is 0 Å². The number of aromatic hydroxyl groups is 1. The van der Waals surface area contributed by atoms with Crippen LogP contribution in [0.3, 0.4) is 0 Å². The van der Waals surface area contributed by atoms with E-state index in [1.54, 1.807) is 30.3 Å². The molecule has 6 rings (SSSR count). The maximum absolute atomic E-state index is 13.2. The molecule has 0 aliphatic carbocycles. The standard InChI is InChI=1S/C28H24Cl2N2O5/c29-19-2-1-3-21(13-19)32-8-6-31(7-9-32)14-23-24(33)5-4-22-26(34)25(37-28(22)23)12-17-10-20(30)11-18-15-35-16-36-27(17)18/h1-5,10-13,33H,6-9,14-16H2/b25-12-. The van der Waals surface area contributed by atoms with Crippen molar-refractivity contribution < 1.29 is 24.1 Å². The fraction of sp³-hybridized carbons (Fsp3) is 0.250. The summed E-state index contributed by atoms with van der Waals surface area (Å²) in [5, 5.41) is 11.9. The topological polar surface area (TPSA) is 71.5 Å². The van der Waals surface area contributed by atoms with Crippen LogP contribution in [0.5, 0.6) is 17.2 Å². The molecule has 0 bridgehead atoms. The highest BCUT2D eigenvalue weighted by Crippen LogP contribution is 2.41. The van der Waals surface area contributed by atoms with Crippen LogP contribution in [0, 0.1) is 0 Å². The lowest BCUT2D eigenvalue weighted by Crippen LogP contribution is -2.46. The number of hydrogen-bond acceptors (Lipinski definition) is 7. The summed E-state index contributed by atoms with van der Waals surface area (Å²) in [6.07, 6.45) is 1.64. The van der Waals surface area contributed by atoms with Gasteiger partial charge in [-0.1, -0.05) is 29.3 Å². The van der Waals surface area contributed by atoms with E-state index in [4.69, 9.17) is 37.4 Å². The van der Waals surface area contributed by atoms with Crippen LogP contribution in [-0.4, -0.2) is 48.8 Å². The van der Waals surface area contributed by atoms with Gasteiger partial charge in [0.15, 0.2) is 12.6 Å². The van der Waals surface area contributed by atoms with E-state index in [-0.39, 0.29) is 24.1 Å². The van der Waals surface area contributed by atoms with Crippen molar-refractivity contribution in [3.05, 3.63) is 86.6 Å². The monoisotopic (exact) mass is 538 g/mol. The molecule has 3 heterocycles. The summed E-state index contributed by atoms with van der Waals surface area (Å²) in [7, 11) is 0. The molecule has 7 nitrogen and oxygen atoms in total. The summed E-state index contributed by atoms with van der Waals surface area (Å²) in [5.41, 5.74) is 3.58. The van der Waals surface area contributed by atoms with Crippen molar-refractivity contribution in [2.75, 3.05) is 37.9 Å². The van der Waals surface area contributed by atoms with Crippen molar-refractivity contribution in [1.82, 2.24) is 4.90 Å². The molecule has 0 amide bonds. The molecule has 1 saturated heterocycles. The Labute approximate surface area is 224 Å². The van der Waals surface area contributed by atoms with Gasteiger partial charge in [-0.2, -0.15) is 0 Å². The highest BCUT2D eigenvalue weighted by atomic mass is 35.5. The van der Waals surface area contributed by atoms with Crippen LogP contribution in [0.2, 0.25) is 10.0 Å². The number of hydrogen-bond donors (Lipinski definition) is 1. The molecule has 0 atom stereocenters. The molecule has 3 aromatic carbocycles. The number of phenols is 1. The second kappa shape index (κ2) is 9.91. The van der Waals surface area contributed by atoms with E-state index in [2.05, 4.69) is 15.9 Å². The number of ketones is 1. The molecule has 3 aromatic rings. The molecule has 0 aromatic heterocycles. The molecule has 190 valence electrons. The highest BCUT2D eigenvalue weighted by molar-refractivity contribution is 6.31. The van der Waals surface area contributed by atoms with E-state index in [1.165, 1.54) is 0 Å². The zero-order chi connectivity index (χ0) is 25.5. The summed E-state index contributed by atoms with van der Waals surface area (Å²) >= 11 is 12.4. The smallest absolute Gasteiger partial charge is 0.231 e. The number of Topliss-reactive ketones (excluding diaryl/α,β-unsaturated/α-hetero) is 1. The molecular weight excluding hydrogens is 515 g/mol. The van der Waals surface area contributed by atoms with Crippen LogP contribution in [0.4, 0.5) is 5.69 Å². The Morgan fingerprint density at radius 1 is 0.973 bits per heavy atom. The Hall–Kier alpha value is -3.23. The lowest BCUT2D eigenvalue weighted by Gasteiger charge is -2.36. The number of carbonyl (C=O) groups is 1. The SMILES string of the molecule is O=C1/C(=C/c2cc(Cl)cc3c2OCOC3)Oc2c1ccc(O)c2CN1CCN(c2cccc(Cl)c2)CC1. The van der Waals surface area contributed by atoms with E-state index in [0.717, 1.165) is 37.4 Å². The van der Waals surface area contributed by atoms with Crippen LogP contribution in [-0.2, 0) is 17.9 Å². The number of fused-ring (bicyclic) bond motifs is 2. The number of piperazine rings is 1. The van der Waals surface area contributed by atoms with E-state index in [0.29, 0.717) is 51.4 Å². The first-order valence-electron chi connectivity index (χ1n) is 12.0. The predicted octanol–water partition coefficient (Wildman–Crippen LogP) is 5.50. The predicted molar refractivity (Wildman–Crippen MR) is 142 cm³/mol. The number of halogens is 2. The van der Waals surface area contributed by atoms with Gasteiger partial charge in [-0.05, 0) is 48.5 Å². The van der Waals surface area contributed by atoms with Gasteiger partial charge in [0.25, 0.3) is 0 Å². The quantitative estimate of drug-likeness (QED) is 0.439. The Morgan fingerprint density at radius 3 is 2.62 bits per heavy atom. The third kappa shape index (κ3) is 4.76. The third-order valence-corrected chi connectivity index (χ3v) is 7.29. The van der Waals surface area contributed by atoms with E-state index in [1.807, 2.05) is 18.2 Å². The van der Waals surface area contributed by atoms with Gasteiger partial charge in [-0.25, -0.2) is 0 Å². The molecule has 0 unspecified atom stereocenters. The van der Waals surface area contributed by atoms with E-state index >= 15 is 0 Å². The first-order chi connectivity index (χ1) is 18.0. The van der Waals surface area contributed by atoms with Gasteiger partial charge in [-0.15, -0.1) is 0 Å². The Bertz CT molecular complexity index is 1420. The summed E-state index contributed by atoms with van der Waals surface area (Å²) < 4.78 is 17.1.